The van der Waals surface area contributed by atoms with E-state index in [1.54, 1.807) is 32.6 Å². The van der Waals surface area contributed by atoms with Gasteiger partial charge in [0.1, 0.15) is 0 Å². The maximum absolute atomic E-state index is 13.2. The Morgan fingerprint density at radius 3 is 2.57 bits per heavy atom. The molecule has 0 radical (unpaired) electrons. The maximum atomic E-state index is 13.2. The lowest BCUT2D eigenvalue weighted by Gasteiger charge is -2.11. The Morgan fingerprint density at radius 1 is 1.00 bits per heavy atom. The van der Waals surface area contributed by atoms with Gasteiger partial charge in [-0.15, -0.1) is 5.10 Å². The third-order valence-corrected chi connectivity index (χ3v) is 5.51. The third-order valence-electron chi connectivity index (χ3n) is 5.51. The van der Waals surface area contributed by atoms with Gasteiger partial charge in [0.05, 0.1) is 26.0 Å². The fraction of sp³-hybridized carbons (Fsp3) is 0.154. The molecule has 0 atom stereocenters. The van der Waals surface area contributed by atoms with Crippen molar-refractivity contribution in [1.29, 1.82) is 0 Å². The van der Waals surface area contributed by atoms with Crippen molar-refractivity contribution < 1.29 is 18.7 Å². The minimum absolute atomic E-state index is 0.0986. The molecular weight excluding hydrogens is 446 g/mol. The number of nitrogens with zero attached hydrogens (tertiary/aromatic N) is 4. The number of hydrogen-bond donors (Lipinski definition) is 1. The van der Waals surface area contributed by atoms with Gasteiger partial charge in [-0.2, -0.15) is 4.52 Å². The van der Waals surface area contributed by atoms with Gasteiger partial charge in [0.15, 0.2) is 28.7 Å². The molecule has 0 aliphatic heterocycles. The van der Waals surface area contributed by atoms with E-state index >= 15 is 0 Å². The molecule has 5 rings (SSSR count). The zero-order chi connectivity index (χ0) is 24.2. The van der Waals surface area contributed by atoms with Gasteiger partial charge in [-0.25, -0.2) is 9.97 Å². The number of methoxy groups -OCH3 is 2. The van der Waals surface area contributed by atoms with E-state index in [1.807, 2.05) is 48.5 Å². The van der Waals surface area contributed by atoms with Gasteiger partial charge in [-0.05, 0) is 35.4 Å². The van der Waals surface area contributed by atoms with E-state index in [-0.39, 0.29) is 12.2 Å². The number of carbonyl (C=O) groups excluding carboxylic acids is 1. The molecule has 0 spiro atoms. The molecule has 35 heavy (non-hydrogen) atoms. The van der Waals surface area contributed by atoms with E-state index in [2.05, 4.69) is 20.4 Å². The highest BCUT2D eigenvalue weighted by molar-refractivity contribution is 6.02. The Balaban J connectivity index is 1.49. The first-order chi connectivity index (χ1) is 17.2. The summed E-state index contributed by atoms with van der Waals surface area (Å²) in [7, 11) is 3.19. The van der Waals surface area contributed by atoms with Crippen LogP contribution < -0.4 is 14.8 Å². The zero-order valence-electron chi connectivity index (χ0n) is 19.3. The predicted octanol–water partition coefficient (Wildman–Crippen LogP) is 4.44. The number of benzene rings is 2. The van der Waals surface area contributed by atoms with Crippen molar-refractivity contribution in [3.63, 3.8) is 0 Å². The van der Waals surface area contributed by atoms with Crippen molar-refractivity contribution >= 4 is 17.4 Å². The van der Waals surface area contributed by atoms with Crippen LogP contribution in [-0.2, 0) is 13.0 Å². The SMILES string of the molecule is COc1ccc(CNc2ncc(C(=O)Cc3ccccc3)c3nc(-c4ccco4)nn23)cc1OC. The number of aromatic nitrogens is 4. The van der Waals surface area contributed by atoms with Gasteiger partial charge in [0.25, 0.3) is 0 Å². The monoisotopic (exact) mass is 469 g/mol. The number of ketones is 1. The van der Waals surface area contributed by atoms with Crippen LogP contribution in [0, 0.1) is 0 Å². The molecule has 0 bridgehead atoms. The summed E-state index contributed by atoms with van der Waals surface area (Å²) in [4.78, 5) is 22.3. The zero-order valence-corrected chi connectivity index (χ0v) is 19.3. The van der Waals surface area contributed by atoms with E-state index < -0.39 is 0 Å². The summed E-state index contributed by atoms with van der Waals surface area (Å²) in [5.74, 6) is 2.49. The summed E-state index contributed by atoms with van der Waals surface area (Å²) in [5.41, 5.74) is 2.66. The molecule has 3 aromatic heterocycles. The Labute approximate surface area is 201 Å². The lowest BCUT2D eigenvalue weighted by molar-refractivity contribution is 0.0993. The van der Waals surface area contributed by atoms with Crippen molar-refractivity contribution in [2.24, 2.45) is 0 Å². The Bertz CT molecular complexity index is 1460. The van der Waals surface area contributed by atoms with Crippen LogP contribution in [-0.4, -0.2) is 39.6 Å². The van der Waals surface area contributed by atoms with E-state index in [0.717, 1.165) is 11.1 Å². The number of Topliss-reactive ketones (excluding diaryl/α,β-unsaturated/α-hetero) is 1. The molecule has 9 heteroatoms. The molecule has 0 unspecified atom stereocenters. The molecule has 0 saturated heterocycles. The maximum Gasteiger partial charge on any atom is 0.226 e. The number of fused-ring (bicyclic) bond motifs is 1. The van der Waals surface area contributed by atoms with Crippen LogP contribution >= 0.6 is 0 Å². The van der Waals surface area contributed by atoms with E-state index in [1.165, 1.54) is 10.7 Å². The summed E-state index contributed by atoms with van der Waals surface area (Å²) in [6.45, 7) is 0.440. The van der Waals surface area contributed by atoms with Crippen LogP contribution in [0.2, 0.25) is 0 Å². The van der Waals surface area contributed by atoms with Gasteiger partial charge in [0.2, 0.25) is 11.8 Å². The topological polar surface area (TPSA) is 104 Å². The molecule has 1 N–H and O–H groups in total. The van der Waals surface area contributed by atoms with Crippen LogP contribution in [0.4, 0.5) is 5.95 Å². The van der Waals surface area contributed by atoms with Crippen molar-refractivity contribution in [1.82, 2.24) is 19.6 Å². The second-order valence-corrected chi connectivity index (χ2v) is 7.77. The minimum Gasteiger partial charge on any atom is -0.493 e. The smallest absolute Gasteiger partial charge is 0.226 e. The van der Waals surface area contributed by atoms with Gasteiger partial charge in [-0.1, -0.05) is 36.4 Å². The fourth-order valence-corrected chi connectivity index (χ4v) is 3.75. The normalized spacial score (nSPS) is 10.9. The van der Waals surface area contributed by atoms with Gasteiger partial charge >= 0.3 is 0 Å². The number of anilines is 1. The average Bonchev–Trinajstić information content (AvgIpc) is 3.58. The Hall–Kier alpha value is -4.66. The second kappa shape index (κ2) is 9.68. The lowest BCUT2D eigenvalue weighted by atomic mass is 10.1. The Morgan fingerprint density at radius 2 is 1.83 bits per heavy atom. The second-order valence-electron chi connectivity index (χ2n) is 7.77. The number of ether oxygens (including phenoxy) is 2. The summed E-state index contributed by atoms with van der Waals surface area (Å²) >= 11 is 0. The summed E-state index contributed by atoms with van der Waals surface area (Å²) in [5, 5.41) is 7.85. The number of hydrogen-bond acceptors (Lipinski definition) is 8. The molecular formula is C26H23N5O4. The molecule has 3 heterocycles. The van der Waals surface area contributed by atoms with E-state index in [4.69, 9.17) is 13.9 Å². The van der Waals surface area contributed by atoms with Crippen molar-refractivity contribution in [2.45, 2.75) is 13.0 Å². The van der Waals surface area contributed by atoms with Crippen molar-refractivity contribution in [3.8, 4) is 23.1 Å². The van der Waals surface area contributed by atoms with Crippen LogP contribution in [0.1, 0.15) is 21.5 Å². The van der Waals surface area contributed by atoms with E-state index in [0.29, 0.717) is 46.8 Å². The van der Waals surface area contributed by atoms with Crippen molar-refractivity contribution in [2.75, 3.05) is 19.5 Å². The average molecular weight is 470 g/mol. The highest BCUT2D eigenvalue weighted by atomic mass is 16.5. The fourth-order valence-electron chi connectivity index (χ4n) is 3.75. The minimum atomic E-state index is -0.0986. The largest absolute Gasteiger partial charge is 0.493 e. The van der Waals surface area contributed by atoms with E-state index in [9.17, 15) is 4.79 Å². The third kappa shape index (κ3) is 4.56. The molecule has 0 saturated carbocycles. The first-order valence-electron chi connectivity index (χ1n) is 11.0. The van der Waals surface area contributed by atoms with Crippen LogP contribution in [0.15, 0.2) is 77.5 Å². The molecule has 0 fully saturated rings. The first-order valence-corrected chi connectivity index (χ1v) is 11.0. The summed E-state index contributed by atoms with van der Waals surface area (Å²) in [6, 6.07) is 18.7. The number of carbonyl (C=O) groups is 1. The van der Waals surface area contributed by atoms with Gasteiger partial charge in [0, 0.05) is 19.2 Å². The Kier molecular flexibility index (Phi) is 6.13. The standard InChI is InChI=1S/C26H23N5O4/c1-33-21-11-10-18(14-23(21)34-2)15-27-26-28-16-19(20(32)13-17-7-4-3-5-8-17)25-29-24(30-31(25)26)22-9-6-12-35-22/h3-12,14,16H,13,15H2,1-2H3,(H,27,28). The first kappa shape index (κ1) is 22.1. The highest BCUT2D eigenvalue weighted by Gasteiger charge is 2.20. The number of furan rings is 1. The van der Waals surface area contributed by atoms with Gasteiger partial charge < -0.3 is 19.2 Å². The molecule has 0 amide bonds. The highest BCUT2D eigenvalue weighted by Crippen LogP contribution is 2.28. The number of nitrogens with one attached hydrogen (secondary N) is 1. The molecule has 9 nitrogen and oxygen atoms in total. The lowest BCUT2D eigenvalue weighted by Crippen LogP contribution is -2.12. The van der Waals surface area contributed by atoms with Crippen molar-refractivity contribution in [3.05, 3.63) is 89.8 Å². The summed E-state index contributed by atoms with van der Waals surface area (Å²) < 4.78 is 17.7. The summed E-state index contributed by atoms with van der Waals surface area (Å²) in [6.07, 6.45) is 3.33. The quantitative estimate of drug-likeness (QED) is 0.316. The molecule has 5 aromatic rings. The predicted molar refractivity (Wildman–Crippen MR) is 130 cm³/mol. The van der Waals surface area contributed by atoms with Crippen LogP contribution in [0.3, 0.4) is 0 Å². The van der Waals surface area contributed by atoms with Crippen LogP contribution in [0.25, 0.3) is 17.2 Å². The molecule has 176 valence electrons. The van der Waals surface area contributed by atoms with Gasteiger partial charge in [-0.3, -0.25) is 4.79 Å². The molecule has 2 aromatic carbocycles. The molecule has 0 aliphatic rings. The molecule has 0 aliphatic carbocycles. The number of rotatable bonds is 9. The van der Waals surface area contributed by atoms with Crippen LogP contribution in [0.5, 0.6) is 11.5 Å².